The Morgan fingerprint density at radius 3 is 0.729 bits per heavy atom. The van der Waals surface area contributed by atoms with Crippen molar-refractivity contribution in [2.24, 2.45) is 23.7 Å². The number of hydrogen-bond donors (Lipinski definition) is 3. The average Bonchev–Trinajstić information content (AvgIpc) is 3.52. The zero-order valence-electron chi connectivity index (χ0n) is 55.2. The van der Waals surface area contributed by atoms with Crippen molar-refractivity contribution in [3.8, 4) is 0 Å². The van der Waals surface area contributed by atoms with E-state index >= 15 is 0 Å². The predicted octanol–water partition coefficient (Wildman–Crippen LogP) is 18.1. The molecule has 3 N–H and O–H groups in total. The van der Waals surface area contributed by atoms with Crippen LogP contribution in [0.2, 0.25) is 0 Å². The third-order valence-electron chi connectivity index (χ3n) is 15.1. The average molecular weight is 1260 g/mol. The molecule has 3 unspecified atom stereocenters. The van der Waals surface area contributed by atoms with E-state index in [0.717, 1.165) is 108 Å². The number of hydrogen-bond acceptors (Lipinski definition) is 15. The van der Waals surface area contributed by atoms with Gasteiger partial charge in [-0.05, 0) is 49.4 Å². The molecule has 0 radical (unpaired) electrons. The second-order valence-corrected chi connectivity index (χ2v) is 28.7. The molecule has 85 heavy (non-hydrogen) atoms. The largest absolute Gasteiger partial charge is 0.472 e. The fraction of sp³-hybridized carbons (Fsp3) is 0.939. The number of phosphoric acid groups is 2. The van der Waals surface area contributed by atoms with Crippen LogP contribution in [-0.4, -0.2) is 96.7 Å². The van der Waals surface area contributed by atoms with Crippen LogP contribution in [0.5, 0.6) is 0 Å². The summed E-state index contributed by atoms with van der Waals surface area (Å²) >= 11 is 0. The lowest BCUT2D eigenvalue weighted by Crippen LogP contribution is -2.30. The Balaban J connectivity index is 5.21. The molecule has 0 aliphatic heterocycles. The lowest BCUT2D eigenvalue weighted by molar-refractivity contribution is -0.161. The molecule has 0 fully saturated rings. The highest BCUT2D eigenvalue weighted by atomic mass is 31.2. The predicted molar refractivity (Wildman–Crippen MR) is 340 cm³/mol. The van der Waals surface area contributed by atoms with Gasteiger partial charge in [0.2, 0.25) is 0 Å². The molecule has 0 amide bonds. The maximum Gasteiger partial charge on any atom is 0.472 e. The number of unbranched alkanes of at least 4 members (excludes halogenated alkanes) is 29. The van der Waals surface area contributed by atoms with Crippen molar-refractivity contribution in [1.82, 2.24) is 0 Å². The molecule has 0 bridgehead atoms. The van der Waals surface area contributed by atoms with Gasteiger partial charge in [-0.15, -0.1) is 0 Å². The molecule has 17 nitrogen and oxygen atoms in total. The molecular weight excluding hydrogens is 1130 g/mol. The van der Waals surface area contributed by atoms with Crippen molar-refractivity contribution in [1.29, 1.82) is 0 Å². The van der Waals surface area contributed by atoms with E-state index in [0.29, 0.717) is 37.5 Å². The number of carbonyl (C=O) groups excluding carboxylic acids is 4. The summed E-state index contributed by atoms with van der Waals surface area (Å²) < 4.78 is 68.0. The Bertz CT molecular complexity index is 1700. The van der Waals surface area contributed by atoms with Gasteiger partial charge < -0.3 is 33.8 Å². The van der Waals surface area contributed by atoms with Gasteiger partial charge >= 0.3 is 39.5 Å². The topological polar surface area (TPSA) is 237 Å². The van der Waals surface area contributed by atoms with Crippen molar-refractivity contribution in [3.63, 3.8) is 0 Å². The Morgan fingerprint density at radius 2 is 0.494 bits per heavy atom. The Labute approximate surface area is 517 Å². The lowest BCUT2D eigenvalue weighted by atomic mass is 10.0. The molecule has 0 aliphatic rings. The highest BCUT2D eigenvalue weighted by Gasteiger charge is 2.30. The number of ether oxygens (including phenoxy) is 4. The summed E-state index contributed by atoms with van der Waals surface area (Å²) in [6.45, 7) is 13.9. The Morgan fingerprint density at radius 1 is 0.294 bits per heavy atom. The molecule has 0 saturated heterocycles. The van der Waals surface area contributed by atoms with Crippen molar-refractivity contribution in [2.45, 2.75) is 337 Å². The van der Waals surface area contributed by atoms with Crippen LogP contribution in [0.4, 0.5) is 0 Å². The van der Waals surface area contributed by atoms with Gasteiger partial charge in [0.25, 0.3) is 0 Å². The number of rotatable bonds is 63. The van der Waals surface area contributed by atoms with Gasteiger partial charge in [-0.25, -0.2) is 9.13 Å². The zero-order valence-corrected chi connectivity index (χ0v) is 57.0. The monoisotopic (exact) mass is 1250 g/mol. The lowest BCUT2D eigenvalue weighted by Gasteiger charge is -2.21. The standard InChI is InChI=1S/C66H128O17P2/c1-56(2)42-34-26-18-14-12-10-9-11-13-15-21-32-40-48-65(70)82-61(53-77-64(69)47-39-31-24-22-28-36-44-58(5)6)54-80-84(72,73)78-50-60(67)51-79-85(74,75)81-55-62(83-66(71)49-41-33-25-23-29-37-45-59(7)8)52-76-63(68)46-38-30-20-17-16-19-27-35-43-57(3)4/h56-62,67H,9-55H2,1-8H3,(H,72,73)(H,74,75)/t60?,61-,62-/m1/s1. The second-order valence-electron chi connectivity index (χ2n) is 25.8. The first kappa shape index (κ1) is 83.1. The summed E-state index contributed by atoms with van der Waals surface area (Å²) in [5.74, 6) is 0.720. The smallest absolute Gasteiger partial charge is 0.462 e. The zero-order chi connectivity index (χ0) is 63.2. The first-order chi connectivity index (χ1) is 40.6. The van der Waals surface area contributed by atoms with Crippen molar-refractivity contribution >= 4 is 39.5 Å². The van der Waals surface area contributed by atoms with Gasteiger partial charge in [0.1, 0.15) is 19.3 Å². The highest BCUT2D eigenvalue weighted by Crippen LogP contribution is 2.45. The van der Waals surface area contributed by atoms with Crippen LogP contribution in [0.25, 0.3) is 0 Å². The second kappa shape index (κ2) is 56.1. The van der Waals surface area contributed by atoms with Crippen LogP contribution >= 0.6 is 15.6 Å². The van der Waals surface area contributed by atoms with E-state index in [1.807, 2.05) is 0 Å². The van der Waals surface area contributed by atoms with Gasteiger partial charge in [0, 0.05) is 25.7 Å². The van der Waals surface area contributed by atoms with Crippen molar-refractivity contribution < 1.29 is 80.2 Å². The van der Waals surface area contributed by atoms with Crippen LogP contribution in [0.1, 0.15) is 319 Å². The summed E-state index contributed by atoms with van der Waals surface area (Å²) in [4.78, 5) is 72.2. The van der Waals surface area contributed by atoms with Crippen LogP contribution < -0.4 is 0 Å². The van der Waals surface area contributed by atoms with Gasteiger partial charge in [-0.1, -0.05) is 267 Å². The quantitative estimate of drug-likeness (QED) is 0.0222. The molecule has 19 heteroatoms. The number of phosphoric ester groups is 2. The molecule has 0 saturated carbocycles. The minimum Gasteiger partial charge on any atom is -0.462 e. The first-order valence-electron chi connectivity index (χ1n) is 34.2. The number of esters is 4. The Kier molecular flexibility index (Phi) is 54.8. The summed E-state index contributed by atoms with van der Waals surface area (Å²) in [6, 6.07) is 0. The van der Waals surface area contributed by atoms with Crippen LogP contribution in [0.15, 0.2) is 0 Å². The fourth-order valence-electron chi connectivity index (χ4n) is 9.78. The van der Waals surface area contributed by atoms with Gasteiger partial charge in [-0.2, -0.15) is 0 Å². The van der Waals surface area contributed by atoms with E-state index in [1.54, 1.807) is 0 Å². The van der Waals surface area contributed by atoms with E-state index in [4.69, 9.17) is 37.0 Å². The highest BCUT2D eigenvalue weighted by molar-refractivity contribution is 7.47. The molecule has 5 atom stereocenters. The maximum absolute atomic E-state index is 13.0. The minimum atomic E-state index is -4.95. The molecule has 0 aromatic carbocycles. The van der Waals surface area contributed by atoms with E-state index in [2.05, 4.69) is 55.4 Å². The van der Waals surface area contributed by atoms with Gasteiger partial charge in [0.15, 0.2) is 12.2 Å². The SMILES string of the molecule is CC(C)CCCCCCCCCCCCCCCC(=O)O[C@H](COC(=O)CCCCCCCCC(C)C)COP(=O)(O)OCC(O)COP(=O)(O)OC[C@@H](COC(=O)CCCCCCCCCCC(C)C)OC(=O)CCCCCCCCC(C)C. The number of aliphatic hydroxyl groups is 1. The normalized spacial score (nSPS) is 14.4. The summed E-state index contributed by atoms with van der Waals surface area (Å²) in [6.07, 6.45) is 36.6. The molecule has 0 rings (SSSR count). The summed E-state index contributed by atoms with van der Waals surface area (Å²) in [7, 11) is -9.89. The molecule has 0 heterocycles. The molecular formula is C66H128O17P2. The van der Waals surface area contributed by atoms with Crippen LogP contribution in [-0.2, 0) is 65.4 Å². The number of aliphatic hydroxyl groups excluding tert-OH is 1. The van der Waals surface area contributed by atoms with E-state index < -0.39 is 97.5 Å². The van der Waals surface area contributed by atoms with E-state index in [9.17, 15) is 43.2 Å². The summed E-state index contributed by atoms with van der Waals surface area (Å²) in [5.41, 5.74) is 0. The van der Waals surface area contributed by atoms with Gasteiger partial charge in [0.05, 0.1) is 26.4 Å². The third kappa shape index (κ3) is 60.7. The molecule has 0 aliphatic carbocycles. The van der Waals surface area contributed by atoms with E-state index in [-0.39, 0.29) is 25.7 Å². The van der Waals surface area contributed by atoms with E-state index in [1.165, 1.54) is 116 Å². The van der Waals surface area contributed by atoms with Crippen LogP contribution in [0.3, 0.4) is 0 Å². The molecule has 0 aromatic heterocycles. The minimum absolute atomic E-state index is 0.101. The number of carbonyl (C=O) groups is 4. The molecule has 504 valence electrons. The van der Waals surface area contributed by atoms with Gasteiger partial charge in [-0.3, -0.25) is 37.3 Å². The summed E-state index contributed by atoms with van der Waals surface area (Å²) in [5, 5.41) is 10.5. The third-order valence-corrected chi connectivity index (χ3v) is 17.0. The van der Waals surface area contributed by atoms with Crippen molar-refractivity contribution in [2.75, 3.05) is 39.6 Å². The fourth-order valence-corrected chi connectivity index (χ4v) is 11.4. The van der Waals surface area contributed by atoms with Crippen molar-refractivity contribution in [3.05, 3.63) is 0 Å². The van der Waals surface area contributed by atoms with Crippen LogP contribution in [0, 0.1) is 23.7 Å². The molecule has 0 aromatic rings. The first-order valence-corrected chi connectivity index (χ1v) is 37.2. The molecule has 0 spiro atoms. The Hall–Kier alpha value is -1.94. The maximum atomic E-state index is 13.0.